The number of nitrogens with zero attached hydrogens (tertiary/aromatic N) is 1. The fourth-order valence-electron chi connectivity index (χ4n) is 1.25. The van der Waals surface area contributed by atoms with Crippen molar-refractivity contribution in [1.82, 2.24) is 4.98 Å². The number of aldehydes is 1. The molecule has 0 bridgehead atoms. The van der Waals surface area contributed by atoms with E-state index in [-0.39, 0.29) is 0 Å². The molecule has 2 aromatic rings. The molecule has 0 aliphatic carbocycles. The number of rotatable bonds is 3. The van der Waals surface area contributed by atoms with Crippen LogP contribution in [0.1, 0.15) is 21.8 Å². The highest BCUT2D eigenvalue weighted by Gasteiger charge is 2.10. The van der Waals surface area contributed by atoms with Crippen LogP contribution in [0.3, 0.4) is 0 Å². The predicted octanol–water partition coefficient (Wildman–Crippen LogP) is 4.02. The molecule has 5 heteroatoms. The van der Waals surface area contributed by atoms with Gasteiger partial charge in [-0.15, -0.1) is 0 Å². The van der Waals surface area contributed by atoms with Crippen molar-refractivity contribution < 1.29 is 9.21 Å². The lowest BCUT2D eigenvalue weighted by atomic mass is 10.2. The van der Waals surface area contributed by atoms with Crippen molar-refractivity contribution in [3.8, 4) is 0 Å². The van der Waals surface area contributed by atoms with E-state index in [4.69, 9.17) is 4.42 Å². The van der Waals surface area contributed by atoms with E-state index in [2.05, 4.69) is 20.9 Å². The lowest BCUT2D eigenvalue weighted by molar-refractivity contribution is 0.112. The Hall–Kier alpha value is -1.07. The zero-order valence-electron chi connectivity index (χ0n) is 9.36. The fourth-order valence-corrected chi connectivity index (χ4v) is 2.72. The fraction of sp³-hybridized carbons (Fsp3) is 0.167. The molecule has 17 heavy (non-hydrogen) atoms. The molecule has 1 heterocycles. The van der Waals surface area contributed by atoms with Gasteiger partial charge in [-0.1, -0.05) is 6.07 Å². The molecule has 0 atom stereocenters. The number of oxazole rings is 1. The van der Waals surface area contributed by atoms with Crippen molar-refractivity contribution >= 4 is 34.0 Å². The maximum absolute atomic E-state index is 10.6. The number of carbonyl (C=O) groups excluding carboxylic acids is 1. The summed E-state index contributed by atoms with van der Waals surface area (Å²) in [6.07, 6.45) is 0.818. The van der Waals surface area contributed by atoms with Crippen molar-refractivity contribution in [2.75, 3.05) is 0 Å². The number of halogens is 1. The maximum Gasteiger partial charge on any atom is 0.261 e. The molecule has 3 nitrogen and oxygen atoms in total. The molecule has 0 aliphatic heterocycles. The van der Waals surface area contributed by atoms with Gasteiger partial charge in [0.1, 0.15) is 12.0 Å². The smallest absolute Gasteiger partial charge is 0.261 e. The van der Waals surface area contributed by atoms with E-state index in [1.165, 1.54) is 11.8 Å². The van der Waals surface area contributed by atoms with Gasteiger partial charge in [0.2, 0.25) is 0 Å². The van der Waals surface area contributed by atoms with E-state index in [9.17, 15) is 4.79 Å². The average molecular weight is 312 g/mol. The first kappa shape index (κ1) is 12.4. The van der Waals surface area contributed by atoms with E-state index in [0.717, 1.165) is 27.1 Å². The second-order valence-electron chi connectivity index (χ2n) is 3.53. The average Bonchev–Trinajstić information content (AvgIpc) is 2.61. The summed E-state index contributed by atoms with van der Waals surface area (Å²) >= 11 is 4.85. The zero-order chi connectivity index (χ0) is 12.4. The molecule has 2 rings (SSSR count). The van der Waals surface area contributed by atoms with Gasteiger partial charge in [-0.2, -0.15) is 0 Å². The summed E-state index contributed by atoms with van der Waals surface area (Å²) < 4.78 is 6.35. The van der Waals surface area contributed by atoms with E-state index in [1.807, 2.05) is 19.9 Å². The Bertz CT molecular complexity index is 546. The van der Waals surface area contributed by atoms with Crippen molar-refractivity contribution in [1.29, 1.82) is 0 Å². The van der Waals surface area contributed by atoms with Crippen LogP contribution in [0.2, 0.25) is 0 Å². The third-order valence-corrected chi connectivity index (χ3v) is 4.14. The molecule has 0 saturated heterocycles. The largest absolute Gasteiger partial charge is 0.436 e. The summed E-state index contributed by atoms with van der Waals surface area (Å²) in [5.74, 6) is 0.827. The molecule has 1 aromatic heterocycles. The lowest BCUT2D eigenvalue weighted by Gasteiger charge is -2.01. The Morgan fingerprint density at radius 3 is 2.71 bits per heavy atom. The monoisotopic (exact) mass is 311 g/mol. The summed E-state index contributed by atoms with van der Waals surface area (Å²) in [4.78, 5) is 15.9. The van der Waals surface area contributed by atoms with Crippen molar-refractivity contribution in [2.24, 2.45) is 0 Å². The van der Waals surface area contributed by atoms with Gasteiger partial charge in [-0.3, -0.25) is 4.79 Å². The third kappa shape index (κ3) is 2.79. The van der Waals surface area contributed by atoms with E-state index in [0.29, 0.717) is 10.8 Å². The van der Waals surface area contributed by atoms with Crippen LogP contribution in [-0.4, -0.2) is 11.3 Å². The number of aromatic nitrogens is 1. The number of aryl methyl sites for hydroxylation is 2. The number of carbonyl (C=O) groups is 1. The van der Waals surface area contributed by atoms with Gasteiger partial charge in [0.25, 0.3) is 5.22 Å². The molecule has 0 saturated carbocycles. The van der Waals surface area contributed by atoms with Gasteiger partial charge in [0, 0.05) is 14.9 Å². The second-order valence-corrected chi connectivity index (χ2v) is 5.38. The Morgan fingerprint density at radius 1 is 1.41 bits per heavy atom. The zero-order valence-corrected chi connectivity index (χ0v) is 11.8. The minimum absolute atomic E-state index is 0.611. The molecule has 1 aromatic carbocycles. The van der Waals surface area contributed by atoms with E-state index >= 15 is 0 Å². The van der Waals surface area contributed by atoms with Gasteiger partial charge in [0.15, 0.2) is 0 Å². The highest BCUT2D eigenvalue weighted by molar-refractivity contribution is 9.10. The number of benzene rings is 1. The van der Waals surface area contributed by atoms with Crippen LogP contribution in [0, 0.1) is 13.8 Å². The van der Waals surface area contributed by atoms with Gasteiger partial charge in [-0.25, -0.2) is 4.98 Å². The standard InChI is InChI=1S/C12H10BrNO2S/c1-7-8(2)16-12(14-7)17-11-4-3-9(6-15)5-10(11)13/h3-6H,1-2H3. The molecule has 0 fully saturated rings. The second kappa shape index (κ2) is 5.06. The summed E-state index contributed by atoms with van der Waals surface area (Å²) in [6, 6.07) is 5.41. The van der Waals surface area contributed by atoms with Crippen LogP contribution in [0.5, 0.6) is 0 Å². The Labute approximate surface area is 112 Å². The molecule has 0 aliphatic rings. The van der Waals surface area contributed by atoms with Gasteiger partial charge >= 0.3 is 0 Å². The van der Waals surface area contributed by atoms with Crippen molar-refractivity contribution in [3.05, 3.63) is 39.7 Å². The lowest BCUT2D eigenvalue weighted by Crippen LogP contribution is -1.82. The SMILES string of the molecule is Cc1nc(Sc2ccc(C=O)cc2Br)oc1C. The van der Waals surface area contributed by atoms with Crippen LogP contribution in [0.15, 0.2) is 37.2 Å². The summed E-state index contributed by atoms with van der Waals surface area (Å²) in [5, 5.41) is 0.611. The quantitative estimate of drug-likeness (QED) is 0.803. The normalized spacial score (nSPS) is 10.5. The molecule has 0 N–H and O–H groups in total. The first-order chi connectivity index (χ1) is 8.10. The van der Waals surface area contributed by atoms with Crippen LogP contribution >= 0.6 is 27.7 Å². The predicted molar refractivity (Wildman–Crippen MR) is 69.6 cm³/mol. The molecular weight excluding hydrogens is 302 g/mol. The minimum atomic E-state index is 0.611. The van der Waals surface area contributed by atoms with Gasteiger partial charge in [0.05, 0.1) is 5.69 Å². The maximum atomic E-state index is 10.6. The number of hydrogen-bond donors (Lipinski definition) is 0. The highest BCUT2D eigenvalue weighted by Crippen LogP contribution is 2.34. The van der Waals surface area contributed by atoms with Crippen LogP contribution in [-0.2, 0) is 0 Å². The molecular formula is C12H10BrNO2S. The van der Waals surface area contributed by atoms with Crippen LogP contribution < -0.4 is 0 Å². The Kier molecular flexibility index (Phi) is 3.69. The van der Waals surface area contributed by atoms with Crippen LogP contribution in [0.4, 0.5) is 0 Å². The number of hydrogen-bond acceptors (Lipinski definition) is 4. The molecule has 0 amide bonds. The van der Waals surface area contributed by atoms with Crippen LogP contribution in [0.25, 0.3) is 0 Å². The Morgan fingerprint density at radius 2 is 2.18 bits per heavy atom. The highest BCUT2D eigenvalue weighted by atomic mass is 79.9. The summed E-state index contributed by atoms with van der Waals surface area (Å²) in [7, 11) is 0. The van der Waals surface area contributed by atoms with E-state index < -0.39 is 0 Å². The molecule has 88 valence electrons. The first-order valence-corrected chi connectivity index (χ1v) is 6.57. The summed E-state index contributed by atoms with van der Waals surface area (Å²) in [5.41, 5.74) is 1.54. The topological polar surface area (TPSA) is 43.1 Å². The first-order valence-electron chi connectivity index (χ1n) is 4.97. The molecule has 0 unspecified atom stereocenters. The van der Waals surface area contributed by atoms with Crippen molar-refractivity contribution in [2.45, 2.75) is 24.0 Å². The van der Waals surface area contributed by atoms with Gasteiger partial charge < -0.3 is 4.42 Å². The van der Waals surface area contributed by atoms with Gasteiger partial charge in [-0.05, 0) is 53.7 Å². The third-order valence-electron chi connectivity index (χ3n) is 2.30. The minimum Gasteiger partial charge on any atom is -0.436 e. The van der Waals surface area contributed by atoms with E-state index in [1.54, 1.807) is 12.1 Å². The molecule has 0 spiro atoms. The molecule has 0 radical (unpaired) electrons. The Balaban J connectivity index is 2.27. The van der Waals surface area contributed by atoms with Crippen molar-refractivity contribution in [3.63, 3.8) is 0 Å². The summed E-state index contributed by atoms with van der Waals surface area (Å²) in [6.45, 7) is 3.80.